The van der Waals surface area contributed by atoms with E-state index in [-0.39, 0.29) is 22.5 Å². The van der Waals surface area contributed by atoms with E-state index in [1.807, 2.05) is 30.3 Å². The Morgan fingerprint density at radius 3 is 2.67 bits per heavy atom. The summed E-state index contributed by atoms with van der Waals surface area (Å²) in [5, 5.41) is 10.5. The van der Waals surface area contributed by atoms with E-state index in [1.165, 1.54) is 17.2 Å². The monoisotopic (exact) mass is 430 g/mol. The first-order chi connectivity index (χ1) is 13.0. The Morgan fingerprint density at radius 2 is 2.00 bits per heavy atom. The van der Waals surface area contributed by atoms with Gasteiger partial charge in [0, 0.05) is 12.2 Å². The summed E-state index contributed by atoms with van der Waals surface area (Å²) in [6.07, 6.45) is 0.518. The molecule has 0 saturated heterocycles. The Kier molecular flexibility index (Phi) is 5.93. The van der Waals surface area contributed by atoms with Crippen LogP contribution in [0.15, 0.2) is 68.5 Å². The number of halogens is 1. The Balaban J connectivity index is 1.92. The van der Waals surface area contributed by atoms with Gasteiger partial charge in [-0.1, -0.05) is 30.3 Å². The number of amides is 1. The SMILES string of the molecule is Cc1[nH]c(=O)c(Br)cc1C(=O)N(Cc1ccccc1)CC(O)c1ccco1. The number of carbonyl (C=O) groups excluding carboxylic acids is 1. The van der Waals surface area contributed by atoms with Crippen molar-refractivity contribution in [3.05, 3.63) is 92.2 Å². The van der Waals surface area contributed by atoms with E-state index in [9.17, 15) is 14.7 Å². The van der Waals surface area contributed by atoms with Crippen LogP contribution in [0.2, 0.25) is 0 Å². The highest BCUT2D eigenvalue weighted by Crippen LogP contribution is 2.20. The van der Waals surface area contributed by atoms with E-state index in [0.29, 0.717) is 23.6 Å². The molecule has 27 heavy (non-hydrogen) atoms. The molecule has 0 bridgehead atoms. The van der Waals surface area contributed by atoms with Gasteiger partial charge in [0.05, 0.1) is 22.8 Å². The first kappa shape index (κ1) is 19.1. The molecule has 0 aliphatic heterocycles. The van der Waals surface area contributed by atoms with Crippen molar-refractivity contribution in [1.82, 2.24) is 9.88 Å². The zero-order valence-corrected chi connectivity index (χ0v) is 16.3. The number of aliphatic hydroxyl groups is 1. The molecule has 3 aromatic rings. The highest BCUT2D eigenvalue weighted by atomic mass is 79.9. The molecule has 7 heteroatoms. The molecule has 2 heterocycles. The molecular weight excluding hydrogens is 412 g/mol. The van der Waals surface area contributed by atoms with Gasteiger partial charge in [-0.25, -0.2) is 0 Å². The molecule has 2 aromatic heterocycles. The lowest BCUT2D eigenvalue weighted by molar-refractivity contribution is 0.0562. The van der Waals surface area contributed by atoms with Gasteiger partial charge in [0.1, 0.15) is 11.9 Å². The fourth-order valence-electron chi connectivity index (χ4n) is 2.79. The second-order valence-corrected chi connectivity index (χ2v) is 7.04. The van der Waals surface area contributed by atoms with Crippen molar-refractivity contribution in [2.24, 2.45) is 0 Å². The maximum atomic E-state index is 13.2. The minimum absolute atomic E-state index is 0.0530. The second kappa shape index (κ2) is 8.37. The molecule has 0 aliphatic rings. The summed E-state index contributed by atoms with van der Waals surface area (Å²) in [5.41, 5.74) is 1.47. The van der Waals surface area contributed by atoms with Crippen LogP contribution in [-0.4, -0.2) is 27.4 Å². The van der Waals surface area contributed by atoms with Crippen molar-refractivity contribution in [2.45, 2.75) is 19.6 Å². The number of rotatable bonds is 6. The third-order valence-corrected chi connectivity index (χ3v) is 4.78. The van der Waals surface area contributed by atoms with Crippen LogP contribution in [0.3, 0.4) is 0 Å². The van der Waals surface area contributed by atoms with E-state index >= 15 is 0 Å². The highest BCUT2D eigenvalue weighted by molar-refractivity contribution is 9.10. The predicted octanol–water partition coefficient (Wildman–Crippen LogP) is 3.41. The summed E-state index contributed by atoms with van der Waals surface area (Å²) >= 11 is 3.17. The number of hydrogen-bond donors (Lipinski definition) is 2. The van der Waals surface area contributed by atoms with Gasteiger partial charge in [0.25, 0.3) is 11.5 Å². The molecule has 1 aromatic carbocycles. The average molecular weight is 431 g/mol. The van der Waals surface area contributed by atoms with Gasteiger partial charge in [-0.15, -0.1) is 0 Å². The number of nitrogens with one attached hydrogen (secondary N) is 1. The molecule has 0 spiro atoms. The minimum atomic E-state index is -0.959. The number of pyridine rings is 1. The number of benzene rings is 1. The van der Waals surface area contributed by atoms with Gasteiger partial charge in [-0.2, -0.15) is 0 Å². The van der Waals surface area contributed by atoms with Crippen LogP contribution in [0.1, 0.15) is 33.5 Å². The normalized spacial score (nSPS) is 12.0. The zero-order valence-electron chi connectivity index (χ0n) is 14.7. The minimum Gasteiger partial charge on any atom is -0.467 e. The summed E-state index contributed by atoms with van der Waals surface area (Å²) in [5.74, 6) is 0.0964. The molecule has 0 radical (unpaired) electrons. The summed E-state index contributed by atoms with van der Waals surface area (Å²) < 4.78 is 5.53. The molecule has 1 atom stereocenters. The summed E-state index contributed by atoms with van der Waals surface area (Å²) in [6.45, 7) is 2.04. The highest BCUT2D eigenvalue weighted by Gasteiger charge is 2.24. The molecule has 2 N–H and O–H groups in total. The topological polar surface area (TPSA) is 86.5 Å². The number of carbonyl (C=O) groups is 1. The molecule has 3 rings (SSSR count). The number of hydrogen-bond acceptors (Lipinski definition) is 4. The Bertz CT molecular complexity index is 967. The molecule has 0 fully saturated rings. The molecule has 0 aliphatic carbocycles. The molecule has 140 valence electrons. The Hall–Kier alpha value is -2.64. The lowest BCUT2D eigenvalue weighted by atomic mass is 10.1. The standard InChI is InChI=1S/C20H19BrN2O4/c1-13-15(10-16(21)19(25)22-13)20(26)23(11-14-6-3-2-4-7-14)12-17(24)18-8-5-9-27-18/h2-10,17,24H,11-12H2,1H3,(H,22,25). The molecule has 1 amide bonds. The summed E-state index contributed by atoms with van der Waals surface area (Å²) in [6, 6.07) is 14.4. The molecule has 1 unspecified atom stereocenters. The number of furan rings is 1. The van der Waals surface area contributed by atoms with Crippen LogP contribution in [0.5, 0.6) is 0 Å². The quantitative estimate of drug-likeness (QED) is 0.627. The largest absolute Gasteiger partial charge is 0.467 e. The first-order valence-corrected chi connectivity index (χ1v) is 9.19. The Labute approximate surface area is 164 Å². The Morgan fingerprint density at radius 1 is 1.26 bits per heavy atom. The van der Waals surface area contributed by atoms with Crippen molar-refractivity contribution in [1.29, 1.82) is 0 Å². The van der Waals surface area contributed by atoms with E-state index < -0.39 is 6.10 Å². The molecule has 0 saturated carbocycles. The maximum Gasteiger partial charge on any atom is 0.262 e. The van der Waals surface area contributed by atoms with Crippen LogP contribution in [0.25, 0.3) is 0 Å². The van der Waals surface area contributed by atoms with E-state index in [0.717, 1.165) is 5.56 Å². The van der Waals surface area contributed by atoms with Gasteiger partial charge >= 0.3 is 0 Å². The van der Waals surface area contributed by atoms with Crippen molar-refractivity contribution < 1.29 is 14.3 Å². The van der Waals surface area contributed by atoms with Crippen LogP contribution < -0.4 is 5.56 Å². The lowest BCUT2D eigenvalue weighted by Crippen LogP contribution is -2.35. The predicted molar refractivity (Wildman–Crippen MR) is 104 cm³/mol. The number of H-pyrrole nitrogens is 1. The van der Waals surface area contributed by atoms with Gasteiger partial charge in [0.2, 0.25) is 0 Å². The smallest absolute Gasteiger partial charge is 0.262 e. The number of aliphatic hydroxyl groups excluding tert-OH is 1. The van der Waals surface area contributed by atoms with Crippen LogP contribution in [-0.2, 0) is 6.54 Å². The van der Waals surface area contributed by atoms with Gasteiger partial charge < -0.3 is 19.4 Å². The molecular formula is C20H19BrN2O4. The summed E-state index contributed by atoms with van der Waals surface area (Å²) in [7, 11) is 0. The zero-order chi connectivity index (χ0) is 19.4. The van der Waals surface area contributed by atoms with E-state index in [4.69, 9.17) is 4.42 Å². The van der Waals surface area contributed by atoms with Crippen LogP contribution >= 0.6 is 15.9 Å². The van der Waals surface area contributed by atoms with Crippen molar-refractivity contribution in [3.63, 3.8) is 0 Å². The second-order valence-electron chi connectivity index (χ2n) is 6.19. The fourth-order valence-corrected chi connectivity index (χ4v) is 3.12. The summed E-state index contributed by atoms with van der Waals surface area (Å²) in [4.78, 5) is 29.1. The fraction of sp³-hybridized carbons (Fsp3) is 0.200. The van der Waals surface area contributed by atoms with Gasteiger partial charge in [0.15, 0.2) is 0 Å². The number of aromatic amines is 1. The number of aromatic nitrogens is 1. The van der Waals surface area contributed by atoms with Crippen LogP contribution in [0.4, 0.5) is 0 Å². The molecule has 6 nitrogen and oxygen atoms in total. The van der Waals surface area contributed by atoms with Crippen LogP contribution in [0, 0.1) is 6.92 Å². The van der Waals surface area contributed by atoms with Gasteiger partial charge in [-0.3, -0.25) is 9.59 Å². The van der Waals surface area contributed by atoms with Crippen molar-refractivity contribution in [3.8, 4) is 0 Å². The third kappa shape index (κ3) is 4.56. The van der Waals surface area contributed by atoms with Gasteiger partial charge in [-0.05, 0) is 46.6 Å². The van der Waals surface area contributed by atoms with E-state index in [2.05, 4.69) is 20.9 Å². The number of nitrogens with zero attached hydrogens (tertiary/aromatic N) is 1. The van der Waals surface area contributed by atoms with Crippen molar-refractivity contribution in [2.75, 3.05) is 6.54 Å². The van der Waals surface area contributed by atoms with Crippen molar-refractivity contribution >= 4 is 21.8 Å². The van der Waals surface area contributed by atoms with E-state index in [1.54, 1.807) is 19.1 Å². The lowest BCUT2D eigenvalue weighted by Gasteiger charge is -2.25. The maximum absolute atomic E-state index is 13.2. The number of aryl methyl sites for hydroxylation is 1. The third-order valence-electron chi connectivity index (χ3n) is 4.19. The first-order valence-electron chi connectivity index (χ1n) is 8.40. The average Bonchev–Trinajstić information content (AvgIpc) is 3.19.